The lowest BCUT2D eigenvalue weighted by Gasteiger charge is -2.30. The van der Waals surface area contributed by atoms with Crippen LogP contribution in [0, 0.1) is 5.92 Å². The fourth-order valence-electron chi connectivity index (χ4n) is 3.28. The lowest BCUT2D eigenvalue weighted by atomic mass is 9.82. The first-order valence-corrected chi connectivity index (χ1v) is 8.83. The van der Waals surface area contributed by atoms with Crippen LogP contribution >= 0.6 is 23.2 Å². The summed E-state index contributed by atoms with van der Waals surface area (Å²) in [5, 5.41) is 5.11. The molecular formula is C18H27Cl2N. The average Bonchev–Trinajstić information content (AvgIpc) is 2.64. The summed E-state index contributed by atoms with van der Waals surface area (Å²) in [6.07, 6.45) is 6.44. The van der Waals surface area contributed by atoms with Crippen LogP contribution in [0.4, 0.5) is 0 Å². The van der Waals surface area contributed by atoms with Gasteiger partial charge in [0.2, 0.25) is 0 Å². The molecule has 0 heterocycles. The van der Waals surface area contributed by atoms with Gasteiger partial charge >= 0.3 is 0 Å². The zero-order chi connectivity index (χ0) is 15.5. The summed E-state index contributed by atoms with van der Waals surface area (Å²) in [5.74, 6) is 1.16. The van der Waals surface area contributed by atoms with E-state index in [2.05, 4.69) is 32.2 Å². The van der Waals surface area contributed by atoms with Crippen LogP contribution in [0.3, 0.4) is 0 Å². The first-order chi connectivity index (χ1) is 9.88. The quantitative estimate of drug-likeness (QED) is 0.666. The largest absolute Gasteiger partial charge is 0.312 e. The van der Waals surface area contributed by atoms with Crippen LogP contribution in [0.5, 0.6) is 0 Å². The van der Waals surface area contributed by atoms with E-state index >= 15 is 0 Å². The third-order valence-electron chi connectivity index (χ3n) is 4.43. The molecule has 21 heavy (non-hydrogen) atoms. The van der Waals surface area contributed by atoms with Crippen LogP contribution in [0.2, 0.25) is 10.0 Å². The van der Waals surface area contributed by atoms with Gasteiger partial charge in [-0.2, -0.15) is 0 Å². The molecular weight excluding hydrogens is 301 g/mol. The van der Waals surface area contributed by atoms with Gasteiger partial charge in [0.25, 0.3) is 0 Å². The van der Waals surface area contributed by atoms with Crippen LogP contribution in [0.25, 0.3) is 0 Å². The van der Waals surface area contributed by atoms with Crippen LogP contribution < -0.4 is 5.32 Å². The highest BCUT2D eigenvalue weighted by Gasteiger charge is 2.28. The molecule has 1 N–H and O–H groups in total. The molecule has 2 atom stereocenters. The molecule has 2 rings (SSSR count). The van der Waals surface area contributed by atoms with Crippen molar-refractivity contribution in [1.29, 1.82) is 0 Å². The van der Waals surface area contributed by atoms with Gasteiger partial charge in [0, 0.05) is 5.54 Å². The monoisotopic (exact) mass is 327 g/mol. The molecule has 118 valence electrons. The molecule has 1 aliphatic rings. The summed E-state index contributed by atoms with van der Waals surface area (Å²) < 4.78 is 0. The number of halogens is 2. The maximum absolute atomic E-state index is 6.48. The molecule has 1 aliphatic carbocycles. The molecule has 0 saturated heterocycles. The Morgan fingerprint density at radius 3 is 2.52 bits per heavy atom. The van der Waals surface area contributed by atoms with E-state index in [1.807, 2.05) is 12.1 Å². The van der Waals surface area contributed by atoms with Crippen LogP contribution in [-0.2, 0) is 0 Å². The van der Waals surface area contributed by atoms with Crippen molar-refractivity contribution in [3.05, 3.63) is 33.8 Å². The second kappa shape index (κ2) is 7.35. The topological polar surface area (TPSA) is 12.0 Å². The van der Waals surface area contributed by atoms with Crippen molar-refractivity contribution in [2.75, 3.05) is 6.54 Å². The lowest BCUT2D eigenvalue weighted by Crippen LogP contribution is -2.40. The first kappa shape index (κ1) is 17.1. The van der Waals surface area contributed by atoms with E-state index in [0.717, 1.165) is 11.6 Å². The van der Waals surface area contributed by atoms with Crippen molar-refractivity contribution < 1.29 is 0 Å². The SMILES string of the molecule is CC(C)(C)NCC1CCCCCC1c1cccc(Cl)c1Cl. The van der Waals surface area contributed by atoms with E-state index in [4.69, 9.17) is 23.2 Å². The molecule has 0 amide bonds. The molecule has 1 saturated carbocycles. The van der Waals surface area contributed by atoms with Crippen molar-refractivity contribution >= 4 is 23.2 Å². The first-order valence-electron chi connectivity index (χ1n) is 8.07. The normalized spacial score (nSPS) is 23.9. The maximum atomic E-state index is 6.48. The van der Waals surface area contributed by atoms with Crippen molar-refractivity contribution in [3.63, 3.8) is 0 Å². The summed E-state index contributed by atoms with van der Waals surface area (Å²) in [7, 11) is 0. The Balaban J connectivity index is 2.21. The Morgan fingerprint density at radius 2 is 1.81 bits per heavy atom. The third-order valence-corrected chi connectivity index (χ3v) is 5.27. The number of rotatable bonds is 3. The Hall–Kier alpha value is -0.240. The Kier molecular flexibility index (Phi) is 5.99. The molecule has 1 aromatic carbocycles. The standard InChI is InChI=1S/C18H27Cl2N/c1-18(2,3)21-12-13-8-5-4-6-9-14(13)15-10-7-11-16(19)17(15)20/h7,10-11,13-14,21H,4-6,8-9,12H2,1-3H3. The van der Waals surface area contributed by atoms with Gasteiger partial charge in [0.15, 0.2) is 0 Å². The molecule has 0 aliphatic heterocycles. The molecule has 0 radical (unpaired) electrons. The molecule has 0 aromatic heterocycles. The van der Waals surface area contributed by atoms with Gasteiger partial charge in [-0.25, -0.2) is 0 Å². The van der Waals surface area contributed by atoms with E-state index in [1.165, 1.54) is 37.7 Å². The van der Waals surface area contributed by atoms with Gasteiger partial charge in [-0.1, -0.05) is 54.6 Å². The number of hydrogen-bond acceptors (Lipinski definition) is 1. The van der Waals surface area contributed by atoms with Crippen molar-refractivity contribution in [2.45, 2.75) is 64.3 Å². The second-order valence-electron chi connectivity index (χ2n) is 7.28. The van der Waals surface area contributed by atoms with Crippen LogP contribution in [-0.4, -0.2) is 12.1 Å². The zero-order valence-corrected chi connectivity index (χ0v) is 14.9. The van der Waals surface area contributed by atoms with Gasteiger partial charge in [0.1, 0.15) is 0 Å². The Morgan fingerprint density at radius 1 is 1.10 bits per heavy atom. The lowest BCUT2D eigenvalue weighted by molar-refractivity contribution is 0.322. The van der Waals surface area contributed by atoms with Gasteiger partial charge in [0.05, 0.1) is 10.0 Å². The van der Waals surface area contributed by atoms with E-state index in [0.29, 0.717) is 16.9 Å². The summed E-state index contributed by atoms with van der Waals surface area (Å²) in [6.45, 7) is 7.73. The van der Waals surface area contributed by atoms with Crippen molar-refractivity contribution in [2.24, 2.45) is 5.92 Å². The van der Waals surface area contributed by atoms with Crippen molar-refractivity contribution in [3.8, 4) is 0 Å². The molecule has 0 bridgehead atoms. The Bertz CT molecular complexity index is 465. The molecule has 0 spiro atoms. The fraction of sp³-hybridized carbons (Fsp3) is 0.667. The highest BCUT2D eigenvalue weighted by molar-refractivity contribution is 6.42. The van der Waals surface area contributed by atoms with E-state index < -0.39 is 0 Å². The van der Waals surface area contributed by atoms with E-state index in [9.17, 15) is 0 Å². The minimum atomic E-state index is 0.162. The minimum Gasteiger partial charge on any atom is -0.312 e. The van der Waals surface area contributed by atoms with Crippen LogP contribution in [0.15, 0.2) is 18.2 Å². The van der Waals surface area contributed by atoms with Gasteiger partial charge < -0.3 is 5.32 Å². The molecule has 1 fully saturated rings. The zero-order valence-electron chi connectivity index (χ0n) is 13.4. The summed E-state index contributed by atoms with van der Waals surface area (Å²) in [4.78, 5) is 0. The second-order valence-corrected chi connectivity index (χ2v) is 8.06. The highest BCUT2D eigenvalue weighted by atomic mass is 35.5. The van der Waals surface area contributed by atoms with Gasteiger partial charge in [-0.15, -0.1) is 0 Å². The summed E-state index contributed by atoms with van der Waals surface area (Å²) in [5.41, 5.74) is 1.40. The third kappa shape index (κ3) is 4.87. The van der Waals surface area contributed by atoms with Crippen molar-refractivity contribution in [1.82, 2.24) is 5.32 Å². The molecule has 3 heteroatoms. The van der Waals surface area contributed by atoms with E-state index in [-0.39, 0.29) is 5.54 Å². The maximum Gasteiger partial charge on any atom is 0.0627 e. The predicted octanol–water partition coefficient (Wildman–Crippen LogP) is 6.05. The Labute approximate surface area is 139 Å². The van der Waals surface area contributed by atoms with Gasteiger partial charge in [-0.05, 0) is 63.6 Å². The fourth-order valence-corrected chi connectivity index (χ4v) is 3.73. The number of hydrogen-bond donors (Lipinski definition) is 1. The molecule has 2 unspecified atom stereocenters. The van der Waals surface area contributed by atoms with Crippen LogP contribution in [0.1, 0.15) is 64.4 Å². The minimum absolute atomic E-state index is 0.162. The molecule has 1 nitrogen and oxygen atoms in total. The molecule has 1 aromatic rings. The summed E-state index contributed by atoms with van der Waals surface area (Å²) in [6, 6.07) is 6.07. The van der Waals surface area contributed by atoms with Gasteiger partial charge in [-0.3, -0.25) is 0 Å². The van der Waals surface area contributed by atoms with E-state index in [1.54, 1.807) is 0 Å². The number of benzene rings is 1. The number of nitrogens with one attached hydrogen (secondary N) is 1. The highest BCUT2D eigenvalue weighted by Crippen LogP contribution is 2.41. The predicted molar refractivity (Wildman–Crippen MR) is 93.5 cm³/mol. The average molecular weight is 328 g/mol. The smallest absolute Gasteiger partial charge is 0.0627 e. The summed E-state index contributed by atoms with van der Waals surface area (Å²) >= 11 is 12.7.